The van der Waals surface area contributed by atoms with Gasteiger partial charge in [0.1, 0.15) is 12.6 Å². The Morgan fingerprint density at radius 2 is 1.63 bits per heavy atom. The molecule has 4 N–H and O–H groups in total. The van der Waals surface area contributed by atoms with Crippen LogP contribution in [0.15, 0.2) is 60.8 Å². The first-order valence-corrected chi connectivity index (χ1v) is 12.9. The molecule has 0 saturated heterocycles. The van der Waals surface area contributed by atoms with E-state index in [2.05, 4.69) is 20.9 Å². The van der Waals surface area contributed by atoms with Crippen LogP contribution in [0.1, 0.15) is 44.7 Å². The van der Waals surface area contributed by atoms with E-state index in [1.807, 2.05) is 74.6 Å². The van der Waals surface area contributed by atoms with E-state index in [0.717, 1.165) is 22.0 Å². The van der Waals surface area contributed by atoms with E-state index in [-0.39, 0.29) is 25.5 Å². The number of aromatic amines is 1. The first-order valence-electron chi connectivity index (χ1n) is 12.9. The zero-order chi connectivity index (χ0) is 27.5. The molecule has 3 rings (SSSR count). The highest BCUT2D eigenvalue weighted by atomic mass is 16.5. The maximum atomic E-state index is 13.0. The summed E-state index contributed by atoms with van der Waals surface area (Å²) in [6, 6.07) is 15.1. The Bertz CT molecular complexity index is 1240. The summed E-state index contributed by atoms with van der Waals surface area (Å²) < 4.78 is 5.25. The monoisotopic (exact) mass is 520 g/mol. The van der Waals surface area contributed by atoms with Crippen molar-refractivity contribution >= 4 is 34.6 Å². The van der Waals surface area contributed by atoms with Crippen molar-refractivity contribution in [2.75, 3.05) is 6.54 Å². The van der Waals surface area contributed by atoms with Crippen molar-refractivity contribution in [2.24, 2.45) is 5.92 Å². The van der Waals surface area contributed by atoms with Gasteiger partial charge in [0.2, 0.25) is 11.7 Å². The van der Waals surface area contributed by atoms with Crippen molar-refractivity contribution < 1.29 is 23.9 Å². The van der Waals surface area contributed by atoms with Gasteiger partial charge in [-0.1, -0.05) is 69.3 Å². The number of carbonyl (C=O) groups is 4. The molecule has 0 bridgehead atoms. The molecule has 0 saturated carbocycles. The van der Waals surface area contributed by atoms with Crippen molar-refractivity contribution in [3.63, 3.8) is 0 Å². The Kier molecular flexibility index (Phi) is 10.5. The molecule has 0 fully saturated rings. The molecule has 2 atom stereocenters. The zero-order valence-electron chi connectivity index (χ0n) is 22.1. The van der Waals surface area contributed by atoms with Crippen LogP contribution in [-0.4, -0.2) is 47.3 Å². The molecule has 38 heavy (non-hydrogen) atoms. The number of alkyl carbamates (subject to hydrolysis) is 1. The van der Waals surface area contributed by atoms with Crippen LogP contribution in [0.2, 0.25) is 0 Å². The fourth-order valence-electron chi connectivity index (χ4n) is 4.13. The van der Waals surface area contributed by atoms with Gasteiger partial charge in [-0.05, 0) is 42.4 Å². The number of ketones is 1. The van der Waals surface area contributed by atoms with Crippen molar-refractivity contribution in [1.82, 2.24) is 20.9 Å². The molecule has 0 unspecified atom stereocenters. The molecule has 0 radical (unpaired) electrons. The second kappa shape index (κ2) is 14.0. The minimum Gasteiger partial charge on any atom is -0.445 e. The van der Waals surface area contributed by atoms with Gasteiger partial charge in [0.05, 0.1) is 6.04 Å². The summed E-state index contributed by atoms with van der Waals surface area (Å²) in [6.07, 6.45) is 2.28. The quantitative estimate of drug-likeness (QED) is 0.256. The van der Waals surface area contributed by atoms with Gasteiger partial charge in [0.15, 0.2) is 0 Å². The fourth-order valence-corrected chi connectivity index (χ4v) is 4.13. The summed E-state index contributed by atoms with van der Waals surface area (Å²) >= 11 is 0. The summed E-state index contributed by atoms with van der Waals surface area (Å²) in [5, 5.41) is 8.95. The summed E-state index contributed by atoms with van der Waals surface area (Å²) in [5.74, 6) is -1.94. The van der Waals surface area contributed by atoms with E-state index < -0.39 is 35.8 Å². The zero-order valence-corrected chi connectivity index (χ0v) is 22.1. The lowest BCUT2D eigenvalue weighted by atomic mass is 10.0. The van der Waals surface area contributed by atoms with Crippen LogP contribution in [0.25, 0.3) is 10.9 Å². The first-order chi connectivity index (χ1) is 18.3. The predicted molar refractivity (Wildman–Crippen MR) is 145 cm³/mol. The maximum absolute atomic E-state index is 13.0. The van der Waals surface area contributed by atoms with E-state index in [9.17, 15) is 19.2 Å². The third-order valence-corrected chi connectivity index (χ3v) is 6.15. The largest absolute Gasteiger partial charge is 0.445 e. The Hall–Kier alpha value is -4.14. The lowest BCUT2D eigenvalue weighted by Crippen LogP contribution is -2.54. The number of ether oxygens (including phenoxy) is 1. The van der Waals surface area contributed by atoms with Crippen LogP contribution in [0.5, 0.6) is 0 Å². The lowest BCUT2D eigenvalue weighted by Gasteiger charge is -2.23. The molecule has 0 aliphatic rings. The molecular weight excluding hydrogens is 484 g/mol. The molecule has 3 amide bonds. The van der Waals surface area contributed by atoms with Gasteiger partial charge in [0.25, 0.3) is 5.91 Å². The SMILES string of the molecule is CC[C@H](NC(=O)[C@H](CC(C)C)NC(=O)OCc1ccccc1)C(=O)C(=O)NCCc1c[nH]c2ccccc12. The van der Waals surface area contributed by atoms with Crippen LogP contribution in [0.3, 0.4) is 0 Å². The number of hydrogen-bond donors (Lipinski definition) is 4. The summed E-state index contributed by atoms with van der Waals surface area (Å²) in [7, 11) is 0. The van der Waals surface area contributed by atoms with E-state index in [4.69, 9.17) is 4.74 Å². The minimum absolute atomic E-state index is 0.0669. The Morgan fingerprint density at radius 3 is 2.34 bits per heavy atom. The number of Topliss-reactive ketones (excluding diaryl/α,β-unsaturated/α-hetero) is 1. The molecule has 9 nitrogen and oxygen atoms in total. The molecular formula is C29H36N4O5. The van der Waals surface area contributed by atoms with Gasteiger partial charge < -0.3 is 25.7 Å². The number of H-pyrrole nitrogens is 1. The van der Waals surface area contributed by atoms with Gasteiger partial charge in [0, 0.05) is 23.6 Å². The van der Waals surface area contributed by atoms with Crippen LogP contribution < -0.4 is 16.0 Å². The van der Waals surface area contributed by atoms with Crippen LogP contribution in [-0.2, 0) is 32.1 Å². The van der Waals surface area contributed by atoms with E-state index >= 15 is 0 Å². The predicted octanol–water partition coefficient (Wildman–Crippen LogP) is 3.63. The van der Waals surface area contributed by atoms with Crippen LogP contribution >= 0.6 is 0 Å². The smallest absolute Gasteiger partial charge is 0.408 e. The second-order valence-corrected chi connectivity index (χ2v) is 9.59. The fraction of sp³-hybridized carbons (Fsp3) is 0.379. The molecule has 0 spiro atoms. The molecule has 1 aromatic heterocycles. The van der Waals surface area contributed by atoms with Gasteiger partial charge >= 0.3 is 6.09 Å². The van der Waals surface area contributed by atoms with Gasteiger partial charge in [-0.3, -0.25) is 14.4 Å². The third-order valence-electron chi connectivity index (χ3n) is 6.15. The normalized spacial score (nSPS) is 12.5. The molecule has 0 aliphatic carbocycles. The molecule has 202 valence electrons. The van der Waals surface area contributed by atoms with Crippen molar-refractivity contribution in [3.05, 3.63) is 71.9 Å². The van der Waals surface area contributed by atoms with Crippen LogP contribution in [0, 0.1) is 5.92 Å². The number of aromatic nitrogens is 1. The Morgan fingerprint density at radius 1 is 0.921 bits per heavy atom. The highest BCUT2D eigenvalue weighted by Gasteiger charge is 2.29. The topological polar surface area (TPSA) is 129 Å². The number of amides is 3. The summed E-state index contributed by atoms with van der Waals surface area (Å²) in [5.41, 5.74) is 2.86. The third kappa shape index (κ3) is 8.19. The number of nitrogens with one attached hydrogen (secondary N) is 4. The lowest BCUT2D eigenvalue weighted by molar-refractivity contribution is -0.140. The second-order valence-electron chi connectivity index (χ2n) is 9.59. The van der Waals surface area contributed by atoms with E-state index in [0.29, 0.717) is 12.8 Å². The molecule has 0 aliphatic heterocycles. The molecule has 2 aromatic carbocycles. The molecule has 3 aromatic rings. The molecule has 9 heteroatoms. The maximum Gasteiger partial charge on any atom is 0.408 e. The summed E-state index contributed by atoms with van der Waals surface area (Å²) in [4.78, 5) is 53.9. The average molecular weight is 521 g/mol. The highest BCUT2D eigenvalue weighted by molar-refractivity contribution is 6.38. The molecule has 1 heterocycles. The Labute approximate surface area is 222 Å². The van der Waals surface area contributed by atoms with Gasteiger partial charge in [-0.25, -0.2) is 4.79 Å². The van der Waals surface area contributed by atoms with Gasteiger partial charge in [-0.2, -0.15) is 0 Å². The minimum atomic E-state index is -1.01. The van der Waals surface area contributed by atoms with Crippen LogP contribution in [0.4, 0.5) is 4.79 Å². The highest BCUT2D eigenvalue weighted by Crippen LogP contribution is 2.17. The number of fused-ring (bicyclic) bond motifs is 1. The number of para-hydroxylation sites is 1. The average Bonchev–Trinajstić information content (AvgIpc) is 3.33. The number of hydrogen-bond acceptors (Lipinski definition) is 5. The standard InChI is InChI=1S/C29H36N4O5/c1-4-23(26(34)28(36)30-15-14-21-17-31-24-13-9-8-12-22(21)24)32-27(35)25(16-19(2)3)33-29(37)38-18-20-10-6-5-7-11-20/h5-13,17,19,23,25,31H,4,14-16,18H2,1-3H3,(H,30,36)(H,32,35)(H,33,37)/t23-,25-/m0/s1. The van der Waals surface area contributed by atoms with Crippen molar-refractivity contribution in [1.29, 1.82) is 0 Å². The van der Waals surface area contributed by atoms with E-state index in [1.54, 1.807) is 6.92 Å². The Balaban J connectivity index is 1.52. The number of carbonyl (C=O) groups excluding carboxylic acids is 4. The summed E-state index contributed by atoms with van der Waals surface area (Å²) in [6.45, 7) is 5.89. The van der Waals surface area contributed by atoms with Crippen molar-refractivity contribution in [2.45, 2.75) is 58.7 Å². The van der Waals surface area contributed by atoms with Crippen molar-refractivity contribution in [3.8, 4) is 0 Å². The van der Waals surface area contributed by atoms with E-state index in [1.165, 1.54) is 0 Å². The first kappa shape index (κ1) is 28.4. The number of rotatable bonds is 13. The number of benzene rings is 2. The van der Waals surface area contributed by atoms with Gasteiger partial charge in [-0.15, -0.1) is 0 Å².